The van der Waals surface area contributed by atoms with Crippen molar-refractivity contribution in [3.05, 3.63) is 91.3 Å². The summed E-state index contributed by atoms with van der Waals surface area (Å²) < 4.78 is 21.4. The Morgan fingerprint density at radius 2 is 1.82 bits per heavy atom. The zero-order valence-corrected chi connectivity index (χ0v) is 21.6. The summed E-state index contributed by atoms with van der Waals surface area (Å²) >= 11 is 7.09. The number of imide groups is 1. The van der Waals surface area contributed by atoms with Gasteiger partial charge in [-0.1, -0.05) is 17.7 Å². The summed E-state index contributed by atoms with van der Waals surface area (Å²) in [6.45, 7) is 0.0241. The summed E-state index contributed by atoms with van der Waals surface area (Å²) in [4.78, 5) is 49.7. The molecule has 0 unspecified atom stereocenters. The Kier molecular flexibility index (Phi) is 7.13. The van der Waals surface area contributed by atoms with Gasteiger partial charge in [-0.2, -0.15) is 0 Å². The predicted octanol–water partition coefficient (Wildman–Crippen LogP) is 5.44. The molecule has 1 saturated heterocycles. The van der Waals surface area contributed by atoms with E-state index in [1.807, 2.05) is 0 Å². The molecule has 0 radical (unpaired) electrons. The lowest BCUT2D eigenvalue weighted by molar-refractivity contribution is -0.384. The Bertz CT molecular complexity index is 1560. The zero-order chi connectivity index (χ0) is 27.7. The molecule has 13 heteroatoms. The van der Waals surface area contributed by atoms with Gasteiger partial charge in [-0.25, -0.2) is 4.79 Å². The Labute approximate surface area is 230 Å². The van der Waals surface area contributed by atoms with E-state index in [9.17, 15) is 24.5 Å². The molecule has 0 aliphatic carbocycles. The maximum absolute atomic E-state index is 13.0. The van der Waals surface area contributed by atoms with Gasteiger partial charge in [0.25, 0.3) is 16.8 Å². The zero-order valence-electron chi connectivity index (χ0n) is 20.0. The molecule has 0 atom stereocenters. The second-order valence-corrected chi connectivity index (χ2v) is 9.57. The number of carbonyl (C=O) groups is 3. The first kappa shape index (κ1) is 26.1. The van der Waals surface area contributed by atoms with Crippen molar-refractivity contribution in [3.8, 4) is 23.0 Å². The second kappa shape index (κ2) is 10.7. The van der Waals surface area contributed by atoms with Crippen LogP contribution in [0.25, 0.3) is 6.08 Å². The van der Waals surface area contributed by atoms with E-state index < -0.39 is 22.0 Å². The van der Waals surface area contributed by atoms with E-state index >= 15 is 0 Å². The number of benzene rings is 3. The van der Waals surface area contributed by atoms with Crippen molar-refractivity contribution >= 4 is 52.2 Å². The maximum Gasteiger partial charge on any atom is 0.343 e. The fraction of sp³-hybridized carbons (Fsp3) is 0.115. The number of fused-ring (bicyclic) bond motifs is 1. The van der Waals surface area contributed by atoms with Crippen LogP contribution in [0.2, 0.25) is 5.02 Å². The lowest BCUT2D eigenvalue weighted by Crippen LogP contribution is -2.27. The third-order valence-corrected chi connectivity index (χ3v) is 7.00. The van der Waals surface area contributed by atoms with E-state index in [2.05, 4.69) is 0 Å². The van der Waals surface area contributed by atoms with Crippen molar-refractivity contribution in [2.45, 2.75) is 6.54 Å². The minimum Gasteiger partial charge on any atom is -0.493 e. The van der Waals surface area contributed by atoms with E-state index in [-0.39, 0.29) is 41.0 Å². The third-order valence-electron chi connectivity index (χ3n) is 5.75. The van der Waals surface area contributed by atoms with Crippen LogP contribution < -0.4 is 18.9 Å². The number of non-ortho nitro benzene ring substituents is 1. The molecule has 5 rings (SSSR count). The van der Waals surface area contributed by atoms with Gasteiger partial charge < -0.3 is 18.9 Å². The Morgan fingerprint density at radius 1 is 1.10 bits per heavy atom. The summed E-state index contributed by atoms with van der Waals surface area (Å²) in [5, 5.41) is 10.7. The number of thioether (sulfide) groups is 1. The summed E-state index contributed by atoms with van der Waals surface area (Å²) in [6.07, 6.45) is 1.52. The lowest BCUT2D eigenvalue weighted by Gasteiger charge is -2.14. The van der Waals surface area contributed by atoms with Crippen molar-refractivity contribution in [2.75, 3.05) is 13.9 Å². The molecule has 2 amide bonds. The largest absolute Gasteiger partial charge is 0.493 e. The number of hydrogen-bond acceptors (Lipinski definition) is 10. The highest BCUT2D eigenvalue weighted by Gasteiger charge is 2.36. The van der Waals surface area contributed by atoms with Gasteiger partial charge in [0, 0.05) is 23.2 Å². The third kappa shape index (κ3) is 5.38. The molecule has 39 heavy (non-hydrogen) atoms. The van der Waals surface area contributed by atoms with Gasteiger partial charge in [0.1, 0.15) is 0 Å². The molecule has 0 aromatic heterocycles. The lowest BCUT2D eigenvalue weighted by atomic mass is 10.1. The molecular formula is C26H17ClN2O9S. The Hall–Kier alpha value is -4.55. The van der Waals surface area contributed by atoms with Crippen molar-refractivity contribution in [2.24, 2.45) is 0 Å². The average Bonchev–Trinajstić information content (AvgIpc) is 3.48. The van der Waals surface area contributed by atoms with Gasteiger partial charge in [0.15, 0.2) is 23.0 Å². The first-order valence-electron chi connectivity index (χ1n) is 11.2. The maximum atomic E-state index is 13.0. The quantitative estimate of drug-likeness (QED) is 0.119. The minimum absolute atomic E-state index is 0.0433. The number of amides is 2. The van der Waals surface area contributed by atoms with Crippen LogP contribution in [-0.2, 0) is 11.3 Å². The first-order valence-corrected chi connectivity index (χ1v) is 12.4. The van der Waals surface area contributed by atoms with Crippen LogP contribution in [0.1, 0.15) is 21.5 Å². The van der Waals surface area contributed by atoms with Gasteiger partial charge >= 0.3 is 5.97 Å². The smallest absolute Gasteiger partial charge is 0.343 e. The van der Waals surface area contributed by atoms with E-state index in [0.29, 0.717) is 27.6 Å². The standard InChI is InChI=1S/C26H17ClN2O9S/c1-35-20-8-14(2-7-19(20)38-25(31)15-3-5-17(6-4-15)29(33)34)9-23-24(30)28(26(32)39-23)12-16-10-21-22(11-18(16)27)37-13-36-21/h2-11H,12-13H2,1H3/b23-9-. The van der Waals surface area contributed by atoms with Gasteiger partial charge in [0.2, 0.25) is 6.79 Å². The molecule has 0 N–H and O–H groups in total. The van der Waals surface area contributed by atoms with E-state index in [4.69, 9.17) is 30.5 Å². The summed E-state index contributed by atoms with van der Waals surface area (Å²) in [5.74, 6) is 0.0477. The molecule has 0 bridgehead atoms. The van der Waals surface area contributed by atoms with Crippen molar-refractivity contribution < 1.29 is 38.3 Å². The number of nitro benzene ring substituents is 1. The monoisotopic (exact) mass is 568 g/mol. The molecule has 1 fully saturated rings. The highest BCUT2D eigenvalue weighted by molar-refractivity contribution is 8.18. The molecule has 198 valence electrons. The number of methoxy groups -OCH3 is 1. The molecular weight excluding hydrogens is 552 g/mol. The van der Waals surface area contributed by atoms with E-state index in [0.717, 1.165) is 16.7 Å². The van der Waals surface area contributed by atoms with Crippen molar-refractivity contribution in [3.63, 3.8) is 0 Å². The van der Waals surface area contributed by atoms with Crippen LogP contribution in [0.3, 0.4) is 0 Å². The molecule has 2 aliphatic rings. The van der Waals surface area contributed by atoms with Crippen LogP contribution in [0.15, 0.2) is 59.5 Å². The second-order valence-electron chi connectivity index (χ2n) is 8.17. The van der Waals surface area contributed by atoms with Gasteiger partial charge in [-0.05, 0) is 59.3 Å². The van der Waals surface area contributed by atoms with E-state index in [1.54, 1.807) is 24.3 Å². The Balaban J connectivity index is 1.31. The molecule has 11 nitrogen and oxygen atoms in total. The molecule has 2 heterocycles. The number of ether oxygens (including phenoxy) is 4. The highest BCUT2D eigenvalue weighted by atomic mass is 35.5. The van der Waals surface area contributed by atoms with Crippen molar-refractivity contribution in [1.82, 2.24) is 4.90 Å². The average molecular weight is 569 g/mol. The number of nitrogens with zero attached hydrogens (tertiary/aromatic N) is 2. The fourth-order valence-corrected chi connectivity index (χ4v) is 4.83. The van der Waals surface area contributed by atoms with Gasteiger partial charge in [-0.3, -0.25) is 24.6 Å². The fourth-order valence-electron chi connectivity index (χ4n) is 3.77. The van der Waals surface area contributed by atoms with Gasteiger partial charge in [0.05, 0.1) is 29.0 Å². The molecule has 3 aromatic rings. The predicted molar refractivity (Wildman–Crippen MR) is 140 cm³/mol. The van der Waals surface area contributed by atoms with Gasteiger partial charge in [-0.15, -0.1) is 0 Å². The van der Waals surface area contributed by atoms with Crippen LogP contribution in [0, 0.1) is 10.1 Å². The molecule has 0 saturated carbocycles. The number of hydrogen-bond donors (Lipinski definition) is 0. The number of carbonyl (C=O) groups excluding carboxylic acids is 3. The number of rotatable bonds is 7. The van der Waals surface area contributed by atoms with Crippen LogP contribution in [0.5, 0.6) is 23.0 Å². The molecule has 2 aliphatic heterocycles. The minimum atomic E-state index is -0.737. The molecule has 0 spiro atoms. The summed E-state index contributed by atoms with van der Waals surface area (Å²) in [5.41, 5.74) is 1.01. The topological polar surface area (TPSA) is 135 Å². The van der Waals surface area contributed by atoms with Crippen molar-refractivity contribution in [1.29, 1.82) is 0 Å². The Morgan fingerprint density at radius 3 is 2.51 bits per heavy atom. The van der Waals surface area contributed by atoms with Crippen LogP contribution in [0.4, 0.5) is 10.5 Å². The number of nitro groups is 1. The molecule has 3 aromatic carbocycles. The van der Waals surface area contributed by atoms with E-state index in [1.165, 1.54) is 43.5 Å². The number of halogens is 1. The van der Waals surface area contributed by atoms with Crippen LogP contribution >= 0.6 is 23.4 Å². The first-order chi connectivity index (χ1) is 18.7. The number of esters is 1. The summed E-state index contributed by atoms with van der Waals surface area (Å²) in [7, 11) is 1.38. The normalized spacial score (nSPS) is 15.1. The SMILES string of the molecule is COc1cc(/C=C2\SC(=O)N(Cc3cc4c(cc3Cl)OCO4)C2=O)ccc1OC(=O)c1ccc([N+](=O)[O-])cc1. The van der Waals surface area contributed by atoms with Crippen LogP contribution in [-0.4, -0.2) is 40.8 Å². The summed E-state index contributed by atoms with van der Waals surface area (Å²) in [6, 6.07) is 12.8. The highest BCUT2D eigenvalue weighted by Crippen LogP contribution is 2.40.